The highest BCUT2D eigenvalue weighted by atomic mass is 16.5. The van der Waals surface area contributed by atoms with Crippen molar-refractivity contribution >= 4 is 10.9 Å². The number of hydrogen-bond acceptors (Lipinski definition) is 3. The molecule has 2 N–H and O–H groups in total. The molecular formula is C15H21N3O. The molecule has 0 saturated carbocycles. The number of fused-ring (bicyclic) bond motifs is 1. The van der Waals surface area contributed by atoms with Gasteiger partial charge >= 0.3 is 0 Å². The molecule has 1 atom stereocenters. The van der Waals surface area contributed by atoms with Crippen LogP contribution in [0.2, 0.25) is 0 Å². The van der Waals surface area contributed by atoms with Crippen LogP contribution in [0.25, 0.3) is 10.9 Å². The van der Waals surface area contributed by atoms with Crippen molar-refractivity contribution in [3.05, 3.63) is 30.0 Å². The summed E-state index contributed by atoms with van der Waals surface area (Å²) in [5.74, 6) is 0. The largest absolute Gasteiger partial charge is 0.380 e. The van der Waals surface area contributed by atoms with Gasteiger partial charge in [0.15, 0.2) is 0 Å². The number of nitrogens with two attached hydrogens (primary N) is 1. The van der Waals surface area contributed by atoms with E-state index in [1.54, 1.807) is 0 Å². The molecule has 19 heavy (non-hydrogen) atoms. The Morgan fingerprint density at radius 1 is 1.42 bits per heavy atom. The normalized spacial score (nSPS) is 23.9. The van der Waals surface area contributed by atoms with Crippen LogP contribution in [0.5, 0.6) is 0 Å². The number of ether oxygens (including phenoxy) is 1. The van der Waals surface area contributed by atoms with Gasteiger partial charge in [0, 0.05) is 30.5 Å². The Hall–Kier alpha value is -1.39. The summed E-state index contributed by atoms with van der Waals surface area (Å²) in [6.07, 6.45) is 2.85. The zero-order valence-electron chi connectivity index (χ0n) is 11.4. The van der Waals surface area contributed by atoms with Crippen LogP contribution in [-0.4, -0.2) is 28.5 Å². The fourth-order valence-corrected chi connectivity index (χ4v) is 2.91. The van der Waals surface area contributed by atoms with Gasteiger partial charge in [0.2, 0.25) is 0 Å². The van der Waals surface area contributed by atoms with E-state index in [4.69, 9.17) is 15.6 Å². The standard InChI is InChI=1S/C15H21N3O/c1-2-18-14-7-4-3-6-12(14)13(17-18)10-15(16)8-5-9-19-11-15/h3-4,6-7H,2,5,8-11,16H2,1H3. The second kappa shape index (κ2) is 4.94. The quantitative estimate of drug-likeness (QED) is 0.918. The van der Waals surface area contributed by atoms with Crippen LogP contribution in [0.15, 0.2) is 24.3 Å². The highest BCUT2D eigenvalue weighted by Crippen LogP contribution is 2.25. The van der Waals surface area contributed by atoms with Crippen molar-refractivity contribution in [1.82, 2.24) is 9.78 Å². The van der Waals surface area contributed by atoms with E-state index in [0.717, 1.165) is 38.1 Å². The fourth-order valence-electron chi connectivity index (χ4n) is 2.91. The van der Waals surface area contributed by atoms with Crippen molar-refractivity contribution < 1.29 is 4.74 Å². The number of aryl methyl sites for hydroxylation is 1. The van der Waals surface area contributed by atoms with Crippen LogP contribution < -0.4 is 5.73 Å². The van der Waals surface area contributed by atoms with E-state index in [0.29, 0.717) is 6.61 Å². The third-order valence-corrected chi connectivity index (χ3v) is 3.91. The maximum absolute atomic E-state index is 6.46. The minimum Gasteiger partial charge on any atom is -0.380 e. The molecule has 1 saturated heterocycles. The van der Waals surface area contributed by atoms with Gasteiger partial charge in [-0.2, -0.15) is 5.10 Å². The molecule has 1 unspecified atom stereocenters. The van der Waals surface area contributed by atoms with E-state index in [1.807, 2.05) is 0 Å². The monoisotopic (exact) mass is 259 g/mol. The zero-order chi connectivity index (χ0) is 13.3. The second-order valence-corrected chi connectivity index (χ2v) is 5.47. The first kappa shape index (κ1) is 12.6. The first-order valence-electron chi connectivity index (χ1n) is 7.03. The molecule has 0 spiro atoms. The molecular weight excluding hydrogens is 238 g/mol. The SMILES string of the molecule is CCn1nc(CC2(N)CCCOC2)c2ccccc21. The minimum atomic E-state index is -0.256. The van der Waals surface area contributed by atoms with Crippen molar-refractivity contribution in [2.45, 2.75) is 38.3 Å². The van der Waals surface area contributed by atoms with Crippen LogP contribution >= 0.6 is 0 Å². The lowest BCUT2D eigenvalue weighted by Crippen LogP contribution is -2.49. The van der Waals surface area contributed by atoms with Crippen LogP contribution in [0.3, 0.4) is 0 Å². The van der Waals surface area contributed by atoms with E-state index in [1.165, 1.54) is 10.9 Å². The van der Waals surface area contributed by atoms with Gasteiger partial charge in [-0.25, -0.2) is 0 Å². The average molecular weight is 259 g/mol. The molecule has 102 valence electrons. The maximum atomic E-state index is 6.46. The number of para-hydroxylation sites is 1. The molecule has 0 aliphatic carbocycles. The molecule has 4 nitrogen and oxygen atoms in total. The molecule has 1 fully saturated rings. The molecule has 0 radical (unpaired) electrons. The van der Waals surface area contributed by atoms with Crippen molar-refractivity contribution in [1.29, 1.82) is 0 Å². The van der Waals surface area contributed by atoms with E-state index in [2.05, 4.69) is 35.9 Å². The summed E-state index contributed by atoms with van der Waals surface area (Å²) in [6.45, 7) is 4.48. The van der Waals surface area contributed by atoms with Crippen LogP contribution in [0.4, 0.5) is 0 Å². The summed E-state index contributed by atoms with van der Waals surface area (Å²) in [6, 6.07) is 8.38. The smallest absolute Gasteiger partial charge is 0.0722 e. The highest BCUT2D eigenvalue weighted by molar-refractivity contribution is 5.82. The number of aromatic nitrogens is 2. The molecule has 1 aliphatic heterocycles. The summed E-state index contributed by atoms with van der Waals surface area (Å²) in [7, 11) is 0. The predicted octanol–water partition coefficient (Wildman–Crippen LogP) is 2.11. The van der Waals surface area contributed by atoms with Gasteiger partial charge in [-0.15, -0.1) is 0 Å². The number of nitrogens with zero attached hydrogens (tertiary/aromatic N) is 2. The summed E-state index contributed by atoms with van der Waals surface area (Å²) >= 11 is 0. The Labute approximate surface area is 113 Å². The molecule has 0 bridgehead atoms. The first-order chi connectivity index (χ1) is 9.22. The molecule has 1 aliphatic rings. The lowest BCUT2D eigenvalue weighted by molar-refractivity contribution is 0.0379. The maximum Gasteiger partial charge on any atom is 0.0722 e. The van der Waals surface area contributed by atoms with Crippen molar-refractivity contribution in [3.8, 4) is 0 Å². The van der Waals surface area contributed by atoms with Gasteiger partial charge < -0.3 is 10.5 Å². The molecule has 4 heteroatoms. The molecule has 1 aromatic heterocycles. The summed E-state index contributed by atoms with van der Waals surface area (Å²) < 4.78 is 7.60. The lowest BCUT2D eigenvalue weighted by atomic mass is 9.88. The van der Waals surface area contributed by atoms with E-state index >= 15 is 0 Å². The molecule has 1 aromatic carbocycles. The molecule has 2 aromatic rings. The van der Waals surface area contributed by atoms with Crippen molar-refractivity contribution in [2.75, 3.05) is 13.2 Å². The molecule has 0 amide bonds. The highest BCUT2D eigenvalue weighted by Gasteiger charge is 2.30. The lowest BCUT2D eigenvalue weighted by Gasteiger charge is -2.32. The molecule has 3 rings (SSSR count). The summed E-state index contributed by atoms with van der Waals surface area (Å²) in [5.41, 5.74) is 8.50. The number of hydrogen-bond donors (Lipinski definition) is 1. The third kappa shape index (κ3) is 2.38. The van der Waals surface area contributed by atoms with Crippen LogP contribution in [0, 0.1) is 0 Å². The van der Waals surface area contributed by atoms with Crippen molar-refractivity contribution in [3.63, 3.8) is 0 Å². The van der Waals surface area contributed by atoms with Crippen molar-refractivity contribution in [2.24, 2.45) is 5.73 Å². The Bertz CT molecular complexity index is 570. The van der Waals surface area contributed by atoms with Gasteiger partial charge in [0.05, 0.1) is 17.8 Å². The summed E-state index contributed by atoms with van der Waals surface area (Å²) in [5, 5.41) is 5.95. The van der Waals surface area contributed by atoms with Gasteiger partial charge in [0.1, 0.15) is 0 Å². The predicted molar refractivity (Wildman–Crippen MR) is 76.1 cm³/mol. The van der Waals surface area contributed by atoms with E-state index < -0.39 is 0 Å². The third-order valence-electron chi connectivity index (χ3n) is 3.91. The molecule has 2 heterocycles. The average Bonchev–Trinajstić information content (AvgIpc) is 2.77. The topological polar surface area (TPSA) is 53.1 Å². The van der Waals surface area contributed by atoms with E-state index in [-0.39, 0.29) is 5.54 Å². The zero-order valence-corrected chi connectivity index (χ0v) is 11.4. The van der Waals surface area contributed by atoms with Crippen LogP contribution in [-0.2, 0) is 17.7 Å². The number of benzene rings is 1. The van der Waals surface area contributed by atoms with Gasteiger partial charge in [-0.1, -0.05) is 18.2 Å². The minimum absolute atomic E-state index is 0.256. The Kier molecular flexibility index (Phi) is 3.29. The fraction of sp³-hybridized carbons (Fsp3) is 0.533. The van der Waals surface area contributed by atoms with Crippen LogP contribution in [0.1, 0.15) is 25.5 Å². The Morgan fingerprint density at radius 3 is 3.00 bits per heavy atom. The van der Waals surface area contributed by atoms with E-state index in [9.17, 15) is 0 Å². The Morgan fingerprint density at radius 2 is 2.26 bits per heavy atom. The van der Waals surface area contributed by atoms with Gasteiger partial charge in [-0.3, -0.25) is 4.68 Å². The van der Waals surface area contributed by atoms with Gasteiger partial charge in [-0.05, 0) is 25.8 Å². The summed E-state index contributed by atoms with van der Waals surface area (Å²) in [4.78, 5) is 0. The van der Waals surface area contributed by atoms with Gasteiger partial charge in [0.25, 0.3) is 0 Å². The second-order valence-electron chi connectivity index (χ2n) is 5.47. The number of rotatable bonds is 3. The Balaban J connectivity index is 1.96. The first-order valence-corrected chi connectivity index (χ1v) is 7.03.